The number of nitrogens with one attached hydrogen (secondary N) is 1. The minimum absolute atomic E-state index is 0.176. The average molecular weight is 283 g/mol. The Morgan fingerprint density at radius 1 is 1.45 bits per heavy atom. The molecule has 0 aliphatic heterocycles. The molecule has 7 nitrogen and oxygen atoms in total. The SMILES string of the molecule is CCCn1ccc(=O)n(CC(=O)NC(C)COC)c1=O. The molecule has 0 saturated heterocycles. The second kappa shape index (κ2) is 7.64. The van der Waals surface area contributed by atoms with Gasteiger partial charge in [-0.25, -0.2) is 4.79 Å². The van der Waals surface area contributed by atoms with E-state index in [4.69, 9.17) is 4.74 Å². The van der Waals surface area contributed by atoms with Gasteiger partial charge >= 0.3 is 5.69 Å². The number of carbonyl (C=O) groups is 1. The van der Waals surface area contributed by atoms with Gasteiger partial charge in [0.25, 0.3) is 5.56 Å². The standard InChI is InChI=1S/C13H21N3O4/c1-4-6-15-7-5-12(18)16(13(15)19)8-11(17)14-10(2)9-20-3/h5,7,10H,4,6,8-9H2,1-3H3,(H,14,17). The molecule has 0 fully saturated rings. The Kier molecular flexibility index (Phi) is 6.17. The van der Waals surface area contributed by atoms with Gasteiger partial charge in [0.1, 0.15) is 6.54 Å². The molecule has 0 aliphatic rings. The van der Waals surface area contributed by atoms with Gasteiger partial charge in [0, 0.05) is 32.0 Å². The van der Waals surface area contributed by atoms with Crippen LogP contribution in [0.2, 0.25) is 0 Å². The molecular formula is C13H21N3O4. The number of rotatable bonds is 7. The van der Waals surface area contributed by atoms with Crippen LogP contribution in [0.1, 0.15) is 20.3 Å². The van der Waals surface area contributed by atoms with E-state index < -0.39 is 11.2 Å². The van der Waals surface area contributed by atoms with Crippen molar-refractivity contribution in [3.63, 3.8) is 0 Å². The van der Waals surface area contributed by atoms with Gasteiger partial charge in [-0.1, -0.05) is 6.92 Å². The fraction of sp³-hybridized carbons (Fsp3) is 0.615. The van der Waals surface area contributed by atoms with Gasteiger partial charge in [-0.2, -0.15) is 0 Å². The van der Waals surface area contributed by atoms with E-state index in [1.54, 1.807) is 6.92 Å². The molecule has 1 aromatic heterocycles. The van der Waals surface area contributed by atoms with Gasteiger partial charge in [0.05, 0.1) is 6.61 Å². The van der Waals surface area contributed by atoms with Crippen LogP contribution in [0, 0.1) is 0 Å². The highest BCUT2D eigenvalue weighted by atomic mass is 16.5. The van der Waals surface area contributed by atoms with E-state index in [1.807, 2.05) is 6.92 Å². The molecule has 1 heterocycles. The monoisotopic (exact) mass is 283 g/mol. The highest BCUT2D eigenvalue weighted by molar-refractivity contribution is 5.75. The highest BCUT2D eigenvalue weighted by Crippen LogP contribution is 1.86. The summed E-state index contributed by atoms with van der Waals surface area (Å²) in [5, 5.41) is 2.66. The van der Waals surface area contributed by atoms with Crippen LogP contribution in [-0.4, -0.2) is 34.8 Å². The van der Waals surface area contributed by atoms with Gasteiger partial charge < -0.3 is 14.6 Å². The van der Waals surface area contributed by atoms with Crippen LogP contribution in [0.4, 0.5) is 0 Å². The zero-order valence-corrected chi connectivity index (χ0v) is 12.1. The van der Waals surface area contributed by atoms with Crippen LogP contribution < -0.4 is 16.6 Å². The van der Waals surface area contributed by atoms with Crippen molar-refractivity contribution < 1.29 is 9.53 Å². The quantitative estimate of drug-likeness (QED) is 0.736. The molecule has 0 aromatic carbocycles. The lowest BCUT2D eigenvalue weighted by atomic mass is 10.3. The summed E-state index contributed by atoms with van der Waals surface area (Å²) in [5.74, 6) is -0.386. The van der Waals surface area contributed by atoms with E-state index in [0.717, 1.165) is 11.0 Å². The molecule has 1 rings (SSSR count). The van der Waals surface area contributed by atoms with Crippen molar-refractivity contribution in [3.05, 3.63) is 33.1 Å². The molecule has 1 N–H and O–H groups in total. The fourth-order valence-electron chi connectivity index (χ4n) is 1.87. The third kappa shape index (κ3) is 4.34. The molecule has 0 bridgehead atoms. The van der Waals surface area contributed by atoms with Crippen LogP contribution in [0.25, 0.3) is 0 Å². The van der Waals surface area contributed by atoms with Gasteiger partial charge in [-0.15, -0.1) is 0 Å². The molecule has 1 aromatic rings. The predicted octanol–water partition coefficient (Wildman–Crippen LogP) is -0.429. The normalized spacial score (nSPS) is 12.2. The Morgan fingerprint density at radius 2 is 2.15 bits per heavy atom. The molecule has 0 spiro atoms. The number of hydrogen-bond donors (Lipinski definition) is 1. The third-order valence-electron chi connectivity index (χ3n) is 2.73. The zero-order valence-electron chi connectivity index (χ0n) is 12.1. The van der Waals surface area contributed by atoms with Crippen molar-refractivity contribution in [1.82, 2.24) is 14.5 Å². The Labute approximate surface area is 117 Å². The van der Waals surface area contributed by atoms with E-state index in [0.29, 0.717) is 13.2 Å². The maximum atomic E-state index is 12.0. The summed E-state index contributed by atoms with van der Waals surface area (Å²) in [7, 11) is 1.54. The summed E-state index contributed by atoms with van der Waals surface area (Å²) in [4.78, 5) is 35.5. The van der Waals surface area contributed by atoms with Crippen molar-refractivity contribution in [1.29, 1.82) is 0 Å². The third-order valence-corrected chi connectivity index (χ3v) is 2.73. The van der Waals surface area contributed by atoms with E-state index in [-0.39, 0.29) is 18.5 Å². The molecule has 7 heteroatoms. The molecule has 112 valence electrons. The van der Waals surface area contributed by atoms with E-state index in [9.17, 15) is 14.4 Å². The largest absolute Gasteiger partial charge is 0.383 e. The smallest absolute Gasteiger partial charge is 0.331 e. The van der Waals surface area contributed by atoms with Crippen molar-refractivity contribution in [2.75, 3.05) is 13.7 Å². The van der Waals surface area contributed by atoms with Crippen LogP contribution in [0.15, 0.2) is 21.9 Å². The lowest BCUT2D eigenvalue weighted by Gasteiger charge is -2.13. The first-order valence-electron chi connectivity index (χ1n) is 6.58. The topological polar surface area (TPSA) is 82.3 Å². The fourth-order valence-corrected chi connectivity index (χ4v) is 1.87. The van der Waals surface area contributed by atoms with E-state index in [2.05, 4.69) is 5.32 Å². The molecule has 1 amide bonds. The van der Waals surface area contributed by atoms with Crippen molar-refractivity contribution in [3.8, 4) is 0 Å². The van der Waals surface area contributed by atoms with Gasteiger partial charge in [0.15, 0.2) is 0 Å². The molecule has 0 radical (unpaired) electrons. The second-order valence-corrected chi connectivity index (χ2v) is 4.64. The Hall–Kier alpha value is -1.89. The maximum Gasteiger partial charge on any atom is 0.331 e. The summed E-state index contributed by atoms with van der Waals surface area (Å²) >= 11 is 0. The Bertz CT molecular complexity index is 561. The minimum Gasteiger partial charge on any atom is -0.383 e. The first-order valence-corrected chi connectivity index (χ1v) is 6.58. The number of nitrogens with zero attached hydrogens (tertiary/aromatic N) is 2. The molecule has 1 unspecified atom stereocenters. The average Bonchev–Trinajstić information content (AvgIpc) is 2.38. The molecule has 0 aliphatic carbocycles. The van der Waals surface area contributed by atoms with Crippen LogP contribution in [0.3, 0.4) is 0 Å². The number of aryl methyl sites for hydroxylation is 1. The lowest BCUT2D eigenvalue weighted by Crippen LogP contribution is -2.45. The zero-order chi connectivity index (χ0) is 15.1. The van der Waals surface area contributed by atoms with Crippen molar-refractivity contribution in [2.24, 2.45) is 0 Å². The number of ether oxygens (including phenoxy) is 1. The summed E-state index contributed by atoms with van der Waals surface area (Å²) in [5.41, 5.74) is -0.939. The number of hydrogen-bond acceptors (Lipinski definition) is 4. The van der Waals surface area contributed by atoms with Crippen molar-refractivity contribution >= 4 is 5.91 Å². The molecule has 1 atom stereocenters. The van der Waals surface area contributed by atoms with Gasteiger partial charge in [0.2, 0.25) is 5.91 Å². The Balaban J connectivity index is 2.86. The van der Waals surface area contributed by atoms with Gasteiger partial charge in [-0.05, 0) is 13.3 Å². The summed E-state index contributed by atoms with van der Waals surface area (Å²) in [6, 6.07) is 1.12. The van der Waals surface area contributed by atoms with Crippen LogP contribution in [0.5, 0.6) is 0 Å². The first kappa shape index (κ1) is 16.2. The highest BCUT2D eigenvalue weighted by Gasteiger charge is 2.11. The lowest BCUT2D eigenvalue weighted by molar-refractivity contribution is -0.122. The maximum absolute atomic E-state index is 12.0. The first-order chi connectivity index (χ1) is 9.49. The summed E-state index contributed by atoms with van der Waals surface area (Å²) in [6.45, 7) is 4.32. The molecule has 20 heavy (non-hydrogen) atoms. The van der Waals surface area contributed by atoms with Crippen LogP contribution >= 0.6 is 0 Å². The number of carbonyl (C=O) groups excluding carboxylic acids is 1. The summed E-state index contributed by atoms with van der Waals surface area (Å²) in [6.07, 6.45) is 2.23. The van der Waals surface area contributed by atoms with E-state index >= 15 is 0 Å². The van der Waals surface area contributed by atoms with E-state index in [1.165, 1.54) is 23.9 Å². The van der Waals surface area contributed by atoms with Crippen molar-refractivity contribution in [2.45, 2.75) is 39.4 Å². The number of aromatic nitrogens is 2. The summed E-state index contributed by atoms with van der Waals surface area (Å²) < 4.78 is 7.26. The Morgan fingerprint density at radius 3 is 2.75 bits per heavy atom. The van der Waals surface area contributed by atoms with Gasteiger partial charge in [-0.3, -0.25) is 14.2 Å². The minimum atomic E-state index is -0.475. The second-order valence-electron chi connectivity index (χ2n) is 4.64. The molecule has 0 saturated carbocycles. The predicted molar refractivity (Wildman–Crippen MR) is 74.7 cm³/mol. The molecular weight excluding hydrogens is 262 g/mol. The number of amides is 1. The number of methoxy groups -OCH3 is 1. The van der Waals surface area contributed by atoms with Crippen LogP contribution in [-0.2, 0) is 22.6 Å².